The summed E-state index contributed by atoms with van der Waals surface area (Å²) in [5, 5.41) is 11.7. The number of nitrogens with zero attached hydrogens (tertiary/aromatic N) is 3. The van der Waals surface area contributed by atoms with Gasteiger partial charge in [0.25, 0.3) is 0 Å². The van der Waals surface area contributed by atoms with E-state index in [0.29, 0.717) is 17.6 Å². The fourth-order valence-corrected chi connectivity index (χ4v) is 4.76. The lowest BCUT2D eigenvalue weighted by Crippen LogP contribution is -2.18. The van der Waals surface area contributed by atoms with Crippen LogP contribution in [0.15, 0.2) is 64.6 Å². The van der Waals surface area contributed by atoms with Crippen molar-refractivity contribution in [1.82, 2.24) is 14.9 Å². The van der Waals surface area contributed by atoms with Crippen LogP contribution in [0.4, 0.5) is 5.69 Å². The van der Waals surface area contributed by atoms with E-state index in [-0.39, 0.29) is 17.8 Å². The standard InChI is InChI=1S/C21H23N5O2S2/c22-26-20(17-10-6-12-28-17)24-25-21(26)30-14-19(27)23-16-9-4-5-11-18(16)29-13-15-7-2-1-3-8-15/h1-5,7-9,11,17H,6,10,12-14,22H2,(H,23,27)/t17-/m0/s1. The number of nitrogens with one attached hydrogen (secondary N) is 1. The van der Waals surface area contributed by atoms with E-state index in [0.717, 1.165) is 29.2 Å². The molecule has 0 saturated carbocycles. The van der Waals surface area contributed by atoms with E-state index in [1.807, 2.05) is 42.5 Å². The Bertz CT molecular complexity index is 990. The van der Waals surface area contributed by atoms with Gasteiger partial charge >= 0.3 is 0 Å². The van der Waals surface area contributed by atoms with Crippen molar-refractivity contribution < 1.29 is 9.53 Å². The van der Waals surface area contributed by atoms with E-state index in [4.69, 9.17) is 10.6 Å². The number of aromatic nitrogens is 3. The molecular formula is C21H23N5O2S2. The van der Waals surface area contributed by atoms with Crippen molar-refractivity contribution in [2.24, 2.45) is 0 Å². The fraction of sp³-hybridized carbons (Fsp3) is 0.286. The Hall–Kier alpha value is -2.49. The number of rotatable bonds is 8. The van der Waals surface area contributed by atoms with E-state index < -0.39 is 0 Å². The lowest BCUT2D eigenvalue weighted by molar-refractivity contribution is -0.113. The van der Waals surface area contributed by atoms with Crippen LogP contribution in [-0.2, 0) is 15.3 Å². The smallest absolute Gasteiger partial charge is 0.234 e. The Kier molecular flexibility index (Phi) is 6.93. The third-order valence-electron chi connectivity index (χ3n) is 4.64. The first kappa shape index (κ1) is 20.8. The maximum atomic E-state index is 12.5. The van der Waals surface area contributed by atoms with Gasteiger partial charge in [0.05, 0.1) is 11.4 Å². The molecule has 4 rings (SSSR count). The molecule has 2 aromatic carbocycles. The average molecular weight is 442 g/mol. The minimum absolute atomic E-state index is 0.112. The summed E-state index contributed by atoms with van der Waals surface area (Å²) in [6.45, 7) is 0.712. The highest BCUT2D eigenvalue weighted by atomic mass is 32.2. The summed E-state index contributed by atoms with van der Waals surface area (Å²) in [6, 6.07) is 18.1. The summed E-state index contributed by atoms with van der Waals surface area (Å²) in [7, 11) is 0. The van der Waals surface area contributed by atoms with Crippen LogP contribution in [0.3, 0.4) is 0 Å². The molecule has 0 aliphatic carbocycles. The molecule has 1 aromatic heterocycles. The summed E-state index contributed by atoms with van der Waals surface area (Å²) in [5.74, 6) is 7.62. The number of anilines is 1. The largest absolute Gasteiger partial charge is 0.370 e. The predicted octanol–water partition coefficient (Wildman–Crippen LogP) is 3.87. The molecule has 156 valence electrons. The van der Waals surface area contributed by atoms with Crippen molar-refractivity contribution in [2.75, 3.05) is 23.5 Å². The van der Waals surface area contributed by atoms with Gasteiger partial charge in [0.2, 0.25) is 11.1 Å². The summed E-state index contributed by atoms with van der Waals surface area (Å²) >= 11 is 2.95. The molecular weight excluding hydrogens is 418 g/mol. The molecule has 1 aliphatic rings. The number of ether oxygens (including phenoxy) is 1. The number of hydrogen-bond acceptors (Lipinski definition) is 7. The molecule has 9 heteroatoms. The Morgan fingerprint density at radius 2 is 1.93 bits per heavy atom. The second-order valence-electron chi connectivity index (χ2n) is 6.82. The molecule has 0 unspecified atom stereocenters. The highest BCUT2D eigenvalue weighted by Gasteiger charge is 2.25. The van der Waals surface area contributed by atoms with Gasteiger partial charge in [0.15, 0.2) is 5.82 Å². The van der Waals surface area contributed by atoms with Crippen LogP contribution in [0.25, 0.3) is 0 Å². The van der Waals surface area contributed by atoms with E-state index in [1.165, 1.54) is 22.0 Å². The zero-order valence-corrected chi connectivity index (χ0v) is 18.0. The molecule has 1 amide bonds. The first-order chi connectivity index (χ1) is 14.7. The van der Waals surface area contributed by atoms with Gasteiger partial charge in [-0.2, -0.15) is 0 Å². The minimum atomic E-state index is -0.116. The Labute approximate surface area is 183 Å². The lowest BCUT2D eigenvalue weighted by atomic mass is 10.2. The molecule has 0 bridgehead atoms. The summed E-state index contributed by atoms with van der Waals surface area (Å²) in [5.41, 5.74) is 2.04. The quantitative estimate of drug-likeness (QED) is 0.405. The summed E-state index contributed by atoms with van der Waals surface area (Å²) < 4.78 is 7.04. The van der Waals surface area contributed by atoms with Gasteiger partial charge in [-0.05, 0) is 30.5 Å². The first-order valence-electron chi connectivity index (χ1n) is 9.71. The number of nitrogen functional groups attached to an aromatic ring is 1. The van der Waals surface area contributed by atoms with E-state index >= 15 is 0 Å². The molecule has 1 saturated heterocycles. The van der Waals surface area contributed by atoms with E-state index in [2.05, 4.69) is 27.6 Å². The van der Waals surface area contributed by atoms with Crippen molar-refractivity contribution in [3.05, 3.63) is 66.0 Å². The van der Waals surface area contributed by atoms with Gasteiger partial charge in [0, 0.05) is 17.3 Å². The number of benzene rings is 2. The fourth-order valence-electron chi connectivity index (χ4n) is 3.14. The topological polar surface area (TPSA) is 95.1 Å². The van der Waals surface area contributed by atoms with Crippen molar-refractivity contribution in [3.8, 4) is 0 Å². The van der Waals surface area contributed by atoms with Crippen LogP contribution in [0.5, 0.6) is 0 Å². The Balaban J connectivity index is 1.33. The van der Waals surface area contributed by atoms with Crippen molar-refractivity contribution in [1.29, 1.82) is 0 Å². The molecule has 2 heterocycles. The van der Waals surface area contributed by atoms with E-state index in [9.17, 15) is 4.79 Å². The van der Waals surface area contributed by atoms with Gasteiger partial charge in [-0.3, -0.25) is 4.79 Å². The van der Waals surface area contributed by atoms with E-state index in [1.54, 1.807) is 11.8 Å². The van der Waals surface area contributed by atoms with Crippen LogP contribution < -0.4 is 11.2 Å². The summed E-state index contributed by atoms with van der Waals surface area (Å²) in [4.78, 5) is 13.6. The lowest BCUT2D eigenvalue weighted by Gasteiger charge is -2.11. The molecule has 7 nitrogen and oxygen atoms in total. The third kappa shape index (κ3) is 5.16. The maximum Gasteiger partial charge on any atom is 0.234 e. The predicted molar refractivity (Wildman–Crippen MR) is 120 cm³/mol. The van der Waals surface area contributed by atoms with Crippen molar-refractivity contribution in [3.63, 3.8) is 0 Å². The van der Waals surface area contributed by atoms with Gasteiger partial charge in [-0.1, -0.05) is 54.2 Å². The Morgan fingerprint density at radius 1 is 1.13 bits per heavy atom. The highest BCUT2D eigenvalue weighted by molar-refractivity contribution is 7.99. The Morgan fingerprint density at radius 3 is 2.73 bits per heavy atom. The maximum absolute atomic E-state index is 12.5. The average Bonchev–Trinajstić information content (AvgIpc) is 3.42. The van der Waals surface area contributed by atoms with Crippen molar-refractivity contribution >= 4 is 35.1 Å². The molecule has 1 fully saturated rings. The second kappa shape index (κ2) is 10.0. The molecule has 0 spiro atoms. The highest BCUT2D eigenvalue weighted by Crippen LogP contribution is 2.31. The van der Waals surface area contributed by atoms with Gasteiger partial charge in [-0.25, -0.2) is 4.68 Å². The number of thioether (sulfide) groups is 2. The van der Waals surface area contributed by atoms with Crippen LogP contribution in [0.1, 0.15) is 30.3 Å². The van der Waals surface area contributed by atoms with Crippen LogP contribution >= 0.6 is 23.5 Å². The minimum Gasteiger partial charge on any atom is -0.370 e. The number of amides is 1. The van der Waals surface area contributed by atoms with Crippen LogP contribution in [-0.4, -0.2) is 33.1 Å². The van der Waals surface area contributed by atoms with Gasteiger partial charge < -0.3 is 15.9 Å². The van der Waals surface area contributed by atoms with Gasteiger partial charge in [0.1, 0.15) is 6.10 Å². The monoisotopic (exact) mass is 441 g/mol. The van der Waals surface area contributed by atoms with Crippen LogP contribution in [0.2, 0.25) is 0 Å². The normalized spacial score (nSPS) is 15.9. The number of nitrogens with two attached hydrogens (primary N) is 1. The molecule has 3 aromatic rings. The van der Waals surface area contributed by atoms with Crippen molar-refractivity contribution in [2.45, 2.75) is 34.8 Å². The number of hydrogen-bond donors (Lipinski definition) is 2. The molecule has 1 aliphatic heterocycles. The van der Waals surface area contributed by atoms with Gasteiger partial charge in [-0.15, -0.1) is 22.0 Å². The first-order valence-corrected chi connectivity index (χ1v) is 11.7. The molecule has 0 radical (unpaired) electrons. The second-order valence-corrected chi connectivity index (χ2v) is 8.78. The summed E-state index contributed by atoms with van der Waals surface area (Å²) in [6.07, 6.45) is 1.77. The molecule has 30 heavy (non-hydrogen) atoms. The molecule has 3 N–H and O–H groups in total. The zero-order chi connectivity index (χ0) is 20.8. The SMILES string of the molecule is Nn1c(SCC(=O)Nc2ccccc2SCc2ccccc2)nnc1[C@@H]1CCCO1. The van der Waals surface area contributed by atoms with Crippen LogP contribution in [0, 0.1) is 0 Å². The number of para-hydroxylation sites is 1. The number of carbonyl (C=O) groups excluding carboxylic acids is 1. The zero-order valence-electron chi connectivity index (χ0n) is 16.4. The number of carbonyl (C=O) groups is 1. The molecule has 1 atom stereocenters. The third-order valence-corrected chi connectivity index (χ3v) is 6.73.